The minimum atomic E-state index is 0.225. The van der Waals surface area contributed by atoms with Crippen LogP contribution < -0.4 is 5.32 Å². The van der Waals surface area contributed by atoms with Gasteiger partial charge in [-0.3, -0.25) is 0 Å². The van der Waals surface area contributed by atoms with Crippen LogP contribution in [0.15, 0.2) is 35.3 Å². The van der Waals surface area contributed by atoms with E-state index in [0.717, 1.165) is 23.6 Å². The third kappa shape index (κ3) is 2.28. The predicted octanol–water partition coefficient (Wildman–Crippen LogP) is 2.41. The maximum atomic E-state index is 5.74. The van der Waals surface area contributed by atoms with Gasteiger partial charge >= 0.3 is 0 Å². The molecule has 4 nitrogen and oxygen atoms in total. The Hall–Kier alpha value is -1.68. The second-order valence-corrected chi connectivity index (χ2v) is 3.61. The van der Waals surface area contributed by atoms with Crippen molar-refractivity contribution in [1.82, 2.24) is 15.3 Å². The molecular formula is C12H15N3O. The molecule has 1 unspecified atom stereocenters. The van der Waals surface area contributed by atoms with Gasteiger partial charge in [0.05, 0.1) is 11.6 Å². The molecule has 0 fully saturated rings. The van der Waals surface area contributed by atoms with E-state index in [1.807, 2.05) is 12.1 Å². The third-order valence-corrected chi connectivity index (χ3v) is 2.41. The van der Waals surface area contributed by atoms with Gasteiger partial charge in [0.25, 0.3) is 0 Å². The van der Waals surface area contributed by atoms with Crippen LogP contribution in [0.25, 0.3) is 11.3 Å². The van der Waals surface area contributed by atoms with Gasteiger partial charge in [-0.15, -0.1) is 0 Å². The fourth-order valence-corrected chi connectivity index (χ4v) is 1.57. The van der Waals surface area contributed by atoms with Crippen molar-refractivity contribution in [2.24, 2.45) is 0 Å². The van der Waals surface area contributed by atoms with Crippen molar-refractivity contribution >= 4 is 0 Å². The Morgan fingerprint density at radius 3 is 2.75 bits per heavy atom. The number of nitrogens with one attached hydrogen (secondary N) is 1. The highest BCUT2D eigenvalue weighted by Gasteiger charge is 2.10. The number of furan rings is 1. The second-order valence-electron chi connectivity index (χ2n) is 3.61. The molecule has 0 spiro atoms. The van der Waals surface area contributed by atoms with Crippen LogP contribution in [-0.2, 0) is 0 Å². The van der Waals surface area contributed by atoms with Gasteiger partial charge in [-0.05, 0) is 25.6 Å². The zero-order chi connectivity index (χ0) is 11.4. The summed E-state index contributed by atoms with van der Waals surface area (Å²) < 4.78 is 5.74. The minimum Gasteiger partial charge on any atom is -0.459 e. The molecule has 0 aromatic carbocycles. The number of hydrogen-bond acceptors (Lipinski definition) is 4. The van der Waals surface area contributed by atoms with Crippen LogP contribution >= 0.6 is 0 Å². The van der Waals surface area contributed by atoms with Crippen molar-refractivity contribution in [3.8, 4) is 11.3 Å². The van der Waals surface area contributed by atoms with Crippen LogP contribution in [0.4, 0.5) is 0 Å². The normalized spacial score (nSPS) is 12.6. The van der Waals surface area contributed by atoms with Gasteiger partial charge in [0.2, 0.25) is 0 Å². The summed E-state index contributed by atoms with van der Waals surface area (Å²) in [5.74, 6) is 1.74. The monoisotopic (exact) mass is 217 g/mol. The van der Waals surface area contributed by atoms with Crippen LogP contribution in [0, 0.1) is 0 Å². The van der Waals surface area contributed by atoms with Crippen molar-refractivity contribution in [1.29, 1.82) is 0 Å². The Bertz CT molecular complexity index is 439. The average molecular weight is 217 g/mol. The van der Waals surface area contributed by atoms with Gasteiger partial charge in [0, 0.05) is 12.4 Å². The summed E-state index contributed by atoms with van der Waals surface area (Å²) in [5.41, 5.74) is 0.900. The summed E-state index contributed by atoms with van der Waals surface area (Å²) in [6.07, 6.45) is 5.00. The molecule has 0 bridgehead atoms. The molecule has 1 atom stereocenters. The number of nitrogens with zero attached hydrogens (tertiary/aromatic N) is 2. The van der Waals surface area contributed by atoms with E-state index in [9.17, 15) is 0 Å². The van der Waals surface area contributed by atoms with Crippen molar-refractivity contribution in [3.63, 3.8) is 0 Å². The lowest BCUT2D eigenvalue weighted by molar-refractivity contribution is 0.445. The molecule has 2 aromatic rings. The predicted molar refractivity (Wildman–Crippen MR) is 61.8 cm³/mol. The quantitative estimate of drug-likeness (QED) is 0.854. The molecule has 0 radical (unpaired) electrons. The summed E-state index contributed by atoms with van der Waals surface area (Å²) in [6.45, 7) is 5.07. The molecule has 2 rings (SSSR count). The fraction of sp³-hybridized carbons (Fsp3) is 0.333. The molecule has 0 aliphatic rings. The van der Waals surface area contributed by atoms with Crippen molar-refractivity contribution in [2.45, 2.75) is 19.9 Å². The summed E-state index contributed by atoms with van der Waals surface area (Å²) in [6, 6.07) is 4.15. The third-order valence-electron chi connectivity index (χ3n) is 2.41. The first-order valence-corrected chi connectivity index (χ1v) is 5.39. The zero-order valence-electron chi connectivity index (χ0n) is 9.47. The van der Waals surface area contributed by atoms with Gasteiger partial charge in [-0.25, -0.2) is 9.97 Å². The summed E-state index contributed by atoms with van der Waals surface area (Å²) in [5, 5.41) is 3.30. The lowest BCUT2D eigenvalue weighted by Crippen LogP contribution is -2.16. The lowest BCUT2D eigenvalue weighted by Gasteiger charge is -2.08. The highest BCUT2D eigenvalue weighted by Crippen LogP contribution is 2.23. The van der Waals surface area contributed by atoms with Gasteiger partial charge in [0.15, 0.2) is 0 Å². The molecule has 0 aliphatic carbocycles. The summed E-state index contributed by atoms with van der Waals surface area (Å²) in [7, 11) is 0. The Morgan fingerprint density at radius 2 is 2.06 bits per heavy atom. The first-order valence-electron chi connectivity index (χ1n) is 5.39. The van der Waals surface area contributed by atoms with E-state index in [1.54, 1.807) is 12.4 Å². The second kappa shape index (κ2) is 4.90. The van der Waals surface area contributed by atoms with E-state index >= 15 is 0 Å². The van der Waals surface area contributed by atoms with Gasteiger partial charge < -0.3 is 9.73 Å². The maximum absolute atomic E-state index is 5.74. The Balaban J connectivity index is 2.20. The van der Waals surface area contributed by atoms with Crippen LogP contribution in [-0.4, -0.2) is 16.5 Å². The lowest BCUT2D eigenvalue weighted by atomic mass is 10.2. The van der Waals surface area contributed by atoms with E-state index in [0.29, 0.717) is 0 Å². The van der Waals surface area contributed by atoms with Gasteiger partial charge in [-0.1, -0.05) is 6.92 Å². The van der Waals surface area contributed by atoms with Crippen LogP contribution in [0.2, 0.25) is 0 Å². The van der Waals surface area contributed by atoms with Crippen molar-refractivity contribution in [3.05, 3.63) is 36.6 Å². The van der Waals surface area contributed by atoms with E-state index in [4.69, 9.17) is 4.42 Å². The van der Waals surface area contributed by atoms with Crippen LogP contribution in [0.3, 0.4) is 0 Å². The molecule has 0 saturated heterocycles. The molecule has 0 aliphatic heterocycles. The topological polar surface area (TPSA) is 51.0 Å². The molecule has 0 amide bonds. The summed E-state index contributed by atoms with van der Waals surface area (Å²) >= 11 is 0. The molecule has 84 valence electrons. The number of hydrogen-bond donors (Lipinski definition) is 1. The van der Waals surface area contributed by atoms with E-state index in [1.165, 1.54) is 6.33 Å². The first kappa shape index (κ1) is 10.8. The Kier molecular flexibility index (Phi) is 3.31. The molecular weight excluding hydrogens is 202 g/mol. The zero-order valence-corrected chi connectivity index (χ0v) is 9.47. The Labute approximate surface area is 94.7 Å². The van der Waals surface area contributed by atoms with E-state index < -0.39 is 0 Å². The number of rotatable bonds is 4. The SMILES string of the molecule is CCNC(C)c1ccc(-c2cncnc2)o1. The standard InChI is InChI=1S/C12H15N3O/c1-3-15-9(2)11-4-5-12(16-11)10-6-13-8-14-7-10/h4-9,15H,3H2,1-2H3. The average Bonchev–Trinajstić information content (AvgIpc) is 2.80. The molecule has 16 heavy (non-hydrogen) atoms. The highest BCUT2D eigenvalue weighted by atomic mass is 16.3. The molecule has 0 saturated carbocycles. The van der Waals surface area contributed by atoms with Crippen molar-refractivity contribution in [2.75, 3.05) is 6.54 Å². The molecule has 1 N–H and O–H groups in total. The first-order chi connectivity index (χ1) is 7.81. The summed E-state index contributed by atoms with van der Waals surface area (Å²) in [4.78, 5) is 7.93. The van der Waals surface area contributed by atoms with Crippen molar-refractivity contribution < 1.29 is 4.42 Å². The van der Waals surface area contributed by atoms with Crippen LogP contribution in [0.1, 0.15) is 25.6 Å². The smallest absolute Gasteiger partial charge is 0.137 e. The maximum Gasteiger partial charge on any atom is 0.137 e. The largest absolute Gasteiger partial charge is 0.459 e. The molecule has 4 heteroatoms. The minimum absolute atomic E-state index is 0.225. The van der Waals surface area contributed by atoms with E-state index in [-0.39, 0.29) is 6.04 Å². The molecule has 2 heterocycles. The Morgan fingerprint density at radius 1 is 1.31 bits per heavy atom. The van der Waals surface area contributed by atoms with Crippen LogP contribution in [0.5, 0.6) is 0 Å². The number of aromatic nitrogens is 2. The highest BCUT2D eigenvalue weighted by molar-refractivity contribution is 5.54. The molecule has 2 aromatic heterocycles. The van der Waals surface area contributed by atoms with E-state index in [2.05, 4.69) is 29.1 Å². The van der Waals surface area contributed by atoms with Gasteiger partial charge in [-0.2, -0.15) is 0 Å². The van der Waals surface area contributed by atoms with Gasteiger partial charge in [0.1, 0.15) is 17.8 Å². The fourth-order valence-electron chi connectivity index (χ4n) is 1.57.